The molecule has 1 amide bonds. The van der Waals surface area contributed by atoms with E-state index in [1.54, 1.807) is 0 Å². The van der Waals surface area contributed by atoms with E-state index in [-0.39, 0.29) is 6.54 Å². The fourth-order valence-electron chi connectivity index (χ4n) is 2.30. The van der Waals surface area contributed by atoms with Crippen molar-refractivity contribution >= 4 is 21.9 Å². The molecule has 0 bridgehead atoms. The van der Waals surface area contributed by atoms with Crippen LogP contribution in [0.25, 0.3) is 0 Å². The lowest BCUT2D eigenvalue weighted by Gasteiger charge is -2.27. The van der Waals surface area contributed by atoms with Crippen LogP contribution >= 0.6 is 0 Å². The molecule has 1 aliphatic rings. The van der Waals surface area contributed by atoms with Gasteiger partial charge in [-0.25, -0.2) is 8.42 Å². The Balaban J connectivity index is 2.86. The lowest BCUT2D eigenvalue weighted by Crippen LogP contribution is -2.49. The maximum atomic E-state index is 12.3. The largest absolute Gasteiger partial charge is 0.480 e. The Labute approximate surface area is 113 Å². The molecule has 0 aromatic carbocycles. The SMILES string of the molecule is CCCN(CC(=O)O)C(=O)C1CCCN1S(C)(=O)=O. The van der Waals surface area contributed by atoms with Gasteiger partial charge >= 0.3 is 5.97 Å². The van der Waals surface area contributed by atoms with Gasteiger partial charge in [-0.3, -0.25) is 9.59 Å². The molecule has 1 atom stereocenters. The Kier molecular flexibility index (Phi) is 5.30. The fraction of sp³-hybridized carbons (Fsp3) is 0.818. The predicted octanol–water partition coefficient (Wildman–Crippen LogP) is -0.266. The van der Waals surface area contributed by atoms with Gasteiger partial charge in [-0.1, -0.05) is 6.92 Å². The highest BCUT2D eigenvalue weighted by Gasteiger charge is 2.38. The number of carbonyl (C=O) groups is 2. The van der Waals surface area contributed by atoms with Gasteiger partial charge in [0.2, 0.25) is 15.9 Å². The second-order valence-electron chi connectivity index (χ2n) is 4.69. The Morgan fingerprint density at radius 3 is 2.53 bits per heavy atom. The third-order valence-corrected chi connectivity index (χ3v) is 4.34. The van der Waals surface area contributed by atoms with Crippen LogP contribution in [0.4, 0.5) is 0 Å². The van der Waals surface area contributed by atoms with E-state index in [4.69, 9.17) is 5.11 Å². The third-order valence-electron chi connectivity index (χ3n) is 3.05. The molecule has 1 fully saturated rings. The Morgan fingerprint density at radius 1 is 1.42 bits per heavy atom. The first-order chi connectivity index (χ1) is 8.77. The van der Waals surface area contributed by atoms with Crippen LogP contribution in [0.5, 0.6) is 0 Å². The quantitative estimate of drug-likeness (QED) is 0.727. The summed E-state index contributed by atoms with van der Waals surface area (Å²) in [5.74, 6) is -1.50. The zero-order chi connectivity index (χ0) is 14.6. The summed E-state index contributed by atoms with van der Waals surface area (Å²) in [7, 11) is -3.44. The zero-order valence-electron chi connectivity index (χ0n) is 11.2. The van der Waals surface area contributed by atoms with Gasteiger partial charge in [-0.05, 0) is 19.3 Å². The standard InChI is InChI=1S/C11H20N2O5S/c1-3-6-12(8-10(14)15)11(16)9-5-4-7-13(9)19(2,17)18/h9H,3-8H2,1-2H3,(H,14,15). The highest BCUT2D eigenvalue weighted by molar-refractivity contribution is 7.88. The topological polar surface area (TPSA) is 95.0 Å². The average molecular weight is 292 g/mol. The van der Waals surface area contributed by atoms with Crippen LogP contribution < -0.4 is 0 Å². The minimum Gasteiger partial charge on any atom is -0.480 e. The van der Waals surface area contributed by atoms with Crippen LogP contribution in [0.1, 0.15) is 26.2 Å². The highest BCUT2D eigenvalue weighted by Crippen LogP contribution is 2.22. The Hall–Kier alpha value is -1.15. The van der Waals surface area contributed by atoms with Crippen molar-refractivity contribution in [3.05, 3.63) is 0 Å². The van der Waals surface area contributed by atoms with Crippen molar-refractivity contribution in [2.75, 3.05) is 25.9 Å². The average Bonchev–Trinajstić information content (AvgIpc) is 2.75. The number of carboxylic acid groups (broad SMARTS) is 1. The summed E-state index contributed by atoms with van der Waals surface area (Å²) in [5.41, 5.74) is 0. The Morgan fingerprint density at radius 2 is 2.05 bits per heavy atom. The van der Waals surface area contributed by atoms with E-state index in [0.29, 0.717) is 32.4 Å². The van der Waals surface area contributed by atoms with Crippen LogP contribution in [0.3, 0.4) is 0 Å². The summed E-state index contributed by atoms with van der Waals surface area (Å²) in [6.45, 7) is 2.09. The van der Waals surface area contributed by atoms with Gasteiger partial charge in [0.25, 0.3) is 0 Å². The fourth-order valence-corrected chi connectivity index (χ4v) is 3.41. The van der Waals surface area contributed by atoms with Gasteiger partial charge in [0.05, 0.1) is 6.26 Å². The molecule has 0 radical (unpaired) electrons. The summed E-state index contributed by atoms with van der Waals surface area (Å²) in [6.07, 6.45) is 2.77. The van der Waals surface area contributed by atoms with Gasteiger partial charge in [0.15, 0.2) is 0 Å². The number of carbonyl (C=O) groups excluding carboxylic acids is 1. The van der Waals surface area contributed by atoms with Crippen molar-refractivity contribution in [3.8, 4) is 0 Å². The first-order valence-electron chi connectivity index (χ1n) is 6.24. The molecule has 0 saturated carbocycles. The highest BCUT2D eigenvalue weighted by atomic mass is 32.2. The zero-order valence-corrected chi connectivity index (χ0v) is 12.0. The van der Waals surface area contributed by atoms with Crippen molar-refractivity contribution < 1.29 is 23.1 Å². The summed E-state index contributed by atoms with van der Waals surface area (Å²) >= 11 is 0. The van der Waals surface area contributed by atoms with Crippen LogP contribution in [-0.2, 0) is 19.6 Å². The van der Waals surface area contributed by atoms with E-state index in [2.05, 4.69) is 0 Å². The molecule has 0 aromatic heterocycles. The second kappa shape index (κ2) is 6.33. The monoisotopic (exact) mass is 292 g/mol. The summed E-state index contributed by atoms with van der Waals surface area (Å²) in [6, 6.07) is -0.749. The van der Waals surface area contributed by atoms with Gasteiger partial charge in [-0.15, -0.1) is 0 Å². The first-order valence-corrected chi connectivity index (χ1v) is 8.09. The predicted molar refractivity (Wildman–Crippen MR) is 69.1 cm³/mol. The molecule has 1 aliphatic heterocycles. The molecular weight excluding hydrogens is 272 g/mol. The molecule has 1 heterocycles. The third kappa shape index (κ3) is 4.17. The first kappa shape index (κ1) is 15.9. The molecule has 0 aromatic rings. The number of aliphatic carboxylic acids is 1. The number of sulfonamides is 1. The van der Waals surface area contributed by atoms with Crippen molar-refractivity contribution in [2.45, 2.75) is 32.2 Å². The molecule has 19 heavy (non-hydrogen) atoms. The van der Waals surface area contributed by atoms with Gasteiger partial charge < -0.3 is 10.0 Å². The van der Waals surface area contributed by atoms with E-state index >= 15 is 0 Å². The number of rotatable bonds is 6. The van der Waals surface area contributed by atoms with E-state index < -0.39 is 27.9 Å². The molecule has 1 saturated heterocycles. The van der Waals surface area contributed by atoms with Crippen LogP contribution in [0.2, 0.25) is 0 Å². The van der Waals surface area contributed by atoms with Gasteiger partial charge in [0.1, 0.15) is 12.6 Å². The van der Waals surface area contributed by atoms with E-state index in [0.717, 1.165) is 6.26 Å². The number of carboxylic acids is 1. The molecule has 8 heteroatoms. The summed E-state index contributed by atoms with van der Waals surface area (Å²) in [4.78, 5) is 24.3. The van der Waals surface area contributed by atoms with Crippen LogP contribution in [0.15, 0.2) is 0 Å². The van der Waals surface area contributed by atoms with Crippen molar-refractivity contribution in [1.29, 1.82) is 0 Å². The summed E-state index contributed by atoms with van der Waals surface area (Å²) in [5, 5.41) is 8.80. The van der Waals surface area contributed by atoms with Gasteiger partial charge in [0, 0.05) is 13.1 Å². The molecule has 1 N–H and O–H groups in total. The maximum Gasteiger partial charge on any atom is 0.323 e. The lowest BCUT2D eigenvalue weighted by molar-refractivity contribution is -0.145. The Bertz CT molecular complexity index is 448. The van der Waals surface area contributed by atoms with E-state index in [1.807, 2.05) is 6.92 Å². The lowest BCUT2D eigenvalue weighted by atomic mass is 10.2. The van der Waals surface area contributed by atoms with E-state index in [9.17, 15) is 18.0 Å². The normalized spacial score (nSPS) is 20.4. The molecule has 1 unspecified atom stereocenters. The molecular formula is C11H20N2O5S. The van der Waals surface area contributed by atoms with Crippen molar-refractivity contribution in [1.82, 2.24) is 9.21 Å². The molecule has 0 spiro atoms. The molecule has 1 rings (SSSR count). The number of hydrogen-bond acceptors (Lipinski definition) is 4. The minimum absolute atomic E-state index is 0.319. The van der Waals surface area contributed by atoms with E-state index in [1.165, 1.54) is 9.21 Å². The minimum atomic E-state index is -3.44. The van der Waals surface area contributed by atoms with Crippen LogP contribution in [-0.4, -0.2) is 66.5 Å². The summed E-state index contributed by atoms with van der Waals surface area (Å²) < 4.78 is 24.3. The molecule has 7 nitrogen and oxygen atoms in total. The smallest absolute Gasteiger partial charge is 0.323 e. The van der Waals surface area contributed by atoms with Gasteiger partial charge in [-0.2, -0.15) is 4.31 Å². The van der Waals surface area contributed by atoms with Crippen molar-refractivity contribution in [2.24, 2.45) is 0 Å². The maximum absolute atomic E-state index is 12.3. The van der Waals surface area contributed by atoms with Crippen molar-refractivity contribution in [3.63, 3.8) is 0 Å². The number of hydrogen-bond donors (Lipinski definition) is 1. The number of nitrogens with zero attached hydrogens (tertiary/aromatic N) is 2. The molecule has 0 aliphatic carbocycles. The number of amides is 1. The molecule has 110 valence electrons. The second-order valence-corrected chi connectivity index (χ2v) is 6.62. The van der Waals surface area contributed by atoms with Crippen LogP contribution in [0, 0.1) is 0 Å².